The number of benzene rings is 1. The predicted molar refractivity (Wildman–Crippen MR) is 80.1 cm³/mol. The average molecular weight is 258 g/mol. The van der Waals surface area contributed by atoms with Crippen LogP contribution in [-0.2, 0) is 6.54 Å². The van der Waals surface area contributed by atoms with Crippen LogP contribution in [0.2, 0.25) is 0 Å². The molecule has 2 heterocycles. The Morgan fingerprint density at radius 2 is 1.84 bits per heavy atom. The molecule has 0 aromatic heterocycles. The molecule has 1 unspecified atom stereocenters. The summed E-state index contributed by atoms with van der Waals surface area (Å²) < 4.78 is 0. The SMILES string of the molecule is C[C@@H]1CC2(CCNC2)C[C@H](C)N1Cc1ccccc1. The highest BCUT2D eigenvalue weighted by Gasteiger charge is 2.43. The summed E-state index contributed by atoms with van der Waals surface area (Å²) in [4.78, 5) is 2.69. The van der Waals surface area contributed by atoms with Gasteiger partial charge >= 0.3 is 0 Å². The van der Waals surface area contributed by atoms with Crippen LogP contribution in [0.4, 0.5) is 0 Å². The fourth-order valence-corrected chi connectivity index (χ4v) is 4.26. The second-order valence-electron chi connectivity index (χ2n) is 6.69. The van der Waals surface area contributed by atoms with E-state index in [1.54, 1.807) is 0 Å². The van der Waals surface area contributed by atoms with Gasteiger partial charge in [0.25, 0.3) is 0 Å². The standard InChI is InChI=1S/C17H26N2/c1-14-10-17(8-9-18-13-17)11-15(2)19(14)12-16-6-4-3-5-7-16/h3-7,14-15,18H,8-13H2,1-2H3/t14-,15+,17?. The molecule has 1 N–H and O–H groups in total. The van der Waals surface area contributed by atoms with Crippen LogP contribution in [0, 0.1) is 5.41 Å². The van der Waals surface area contributed by atoms with Crippen molar-refractivity contribution in [3.63, 3.8) is 0 Å². The van der Waals surface area contributed by atoms with Gasteiger partial charge in [-0.2, -0.15) is 0 Å². The van der Waals surface area contributed by atoms with Crippen LogP contribution >= 0.6 is 0 Å². The first-order chi connectivity index (χ1) is 9.19. The molecule has 2 nitrogen and oxygen atoms in total. The Bertz CT molecular complexity index is 395. The number of nitrogens with one attached hydrogen (secondary N) is 1. The summed E-state index contributed by atoms with van der Waals surface area (Å²) in [5.74, 6) is 0. The molecule has 2 fully saturated rings. The van der Waals surface area contributed by atoms with E-state index in [-0.39, 0.29) is 0 Å². The Kier molecular flexibility index (Phi) is 3.64. The Morgan fingerprint density at radius 3 is 2.42 bits per heavy atom. The molecule has 1 aromatic rings. The molecule has 0 saturated carbocycles. The van der Waals surface area contributed by atoms with Crippen molar-refractivity contribution in [3.8, 4) is 0 Å². The average Bonchev–Trinajstić information content (AvgIpc) is 2.83. The number of piperidine rings is 1. The topological polar surface area (TPSA) is 15.3 Å². The van der Waals surface area contributed by atoms with Crippen LogP contribution in [0.5, 0.6) is 0 Å². The summed E-state index contributed by atoms with van der Waals surface area (Å²) in [5, 5.41) is 3.57. The van der Waals surface area contributed by atoms with Crippen molar-refractivity contribution < 1.29 is 0 Å². The van der Waals surface area contributed by atoms with E-state index in [1.807, 2.05) is 0 Å². The van der Waals surface area contributed by atoms with Crippen molar-refractivity contribution >= 4 is 0 Å². The summed E-state index contributed by atoms with van der Waals surface area (Å²) in [6.45, 7) is 8.39. The third kappa shape index (κ3) is 2.70. The van der Waals surface area contributed by atoms with Gasteiger partial charge in [-0.25, -0.2) is 0 Å². The molecule has 0 amide bonds. The second-order valence-corrected chi connectivity index (χ2v) is 6.69. The van der Waals surface area contributed by atoms with Crippen molar-refractivity contribution in [2.45, 2.75) is 51.7 Å². The molecule has 0 aliphatic carbocycles. The highest BCUT2D eigenvalue weighted by molar-refractivity contribution is 5.15. The van der Waals surface area contributed by atoms with E-state index >= 15 is 0 Å². The predicted octanol–water partition coefficient (Wildman–Crippen LogP) is 3.04. The van der Waals surface area contributed by atoms with Crippen molar-refractivity contribution in [1.29, 1.82) is 0 Å². The number of hydrogen-bond acceptors (Lipinski definition) is 2. The fourth-order valence-electron chi connectivity index (χ4n) is 4.26. The fraction of sp³-hybridized carbons (Fsp3) is 0.647. The smallest absolute Gasteiger partial charge is 0.0239 e. The first-order valence-corrected chi connectivity index (χ1v) is 7.69. The lowest BCUT2D eigenvalue weighted by atomic mass is 9.72. The summed E-state index contributed by atoms with van der Waals surface area (Å²) >= 11 is 0. The van der Waals surface area contributed by atoms with E-state index in [9.17, 15) is 0 Å². The van der Waals surface area contributed by atoms with Gasteiger partial charge in [0, 0.05) is 25.2 Å². The minimum Gasteiger partial charge on any atom is -0.316 e. The molecule has 2 aliphatic rings. The normalized spacial score (nSPS) is 35.9. The molecular formula is C17H26N2. The number of nitrogens with zero attached hydrogens (tertiary/aromatic N) is 1. The molecule has 1 aromatic carbocycles. The Balaban J connectivity index is 1.70. The van der Waals surface area contributed by atoms with E-state index in [0.717, 1.165) is 6.54 Å². The van der Waals surface area contributed by atoms with Gasteiger partial charge in [0.15, 0.2) is 0 Å². The maximum atomic E-state index is 3.57. The quantitative estimate of drug-likeness (QED) is 0.877. The van der Waals surface area contributed by atoms with Crippen LogP contribution in [0.3, 0.4) is 0 Å². The van der Waals surface area contributed by atoms with Gasteiger partial charge in [-0.05, 0) is 50.6 Å². The summed E-state index contributed by atoms with van der Waals surface area (Å²) in [5.41, 5.74) is 2.04. The molecule has 2 saturated heterocycles. The Labute approximate surface area is 117 Å². The number of likely N-dealkylation sites (tertiary alicyclic amines) is 1. The summed E-state index contributed by atoms with van der Waals surface area (Å²) in [6, 6.07) is 12.3. The molecule has 1 spiro atoms. The monoisotopic (exact) mass is 258 g/mol. The first-order valence-electron chi connectivity index (χ1n) is 7.69. The lowest BCUT2D eigenvalue weighted by Gasteiger charge is -2.48. The van der Waals surface area contributed by atoms with Crippen molar-refractivity contribution in [1.82, 2.24) is 10.2 Å². The van der Waals surface area contributed by atoms with Gasteiger partial charge in [-0.1, -0.05) is 30.3 Å². The van der Waals surface area contributed by atoms with E-state index in [4.69, 9.17) is 0 Å². The van der Waals surface area contributed by atoms with Crippen LogP contribution in [0.15, 0.2) is 30.3 Å². The van der Waals surface area contributed by atoms with Gasteiger partial charge < -0.3 is 5.32 Å². The molecule has 19 heavy (non-hydrogen) atoms. The van der Waals surface area contributed by atoms with Crippen LogP contribution in [0.1, 0.15) is 38.7 Å². The zero-order valence-corrected chi connectivity index (χ0v) is 12.2. The molecular weight excluding hydrogens is 232 g/mol. The summed E-state index contributed by atoms with van der Waals surface area (Å²) in [7, 11) is 0. The largest absolute Gasteiger partial charge is 0.316 e. The number of hydrogen-bond donors (Lipinski definition) is 1. The van der Waals surface area contributed by atoms with E-state index in [2.05, 4.69) is 54.4 Å². The van der Waals surface area contributed by atoms with Gasteiger partial charge in [-0.15, -0.1) is 0 Å². The maximum Gasteiger partial charge on any atom is 0.0239 e. The van der Waals surface area contributed by atoms with Crippen molar-refractivity contribution in [3.05, 3.63) is 35.9 Å². The minimum atomic E-state index is 0.589. The van der Waals surface area contributed by atoms with E-state index in [1.165, 1.54) is 37.9 Å². The lowest BCUT2D eigenvalue weighted by Crippen LogP contribution is -2.50. The van der Waals surface area contributed by atoms with E-state index < -0.39 is 0 Å². The van der Waals surface area contributed by atoms with Gasteiger partial charge in [0.2, 0.25) is 0 Å². The van der Waals surface area contributed by atoms with Gasteiger partial charge in [0.1, 0.15) is 0 Å². The first kappa shape index (κ1) is 13.1. The third-order valence-corrected chi connectivity index (χ3v) is 5.13. The molecule has 3 atom stereocenters. The van der Waals surface area contributed by atoms with Crippen molar-refractivity contribution in [2.24, 2.45) is 5.41 Å². The zero-order valence-electron chi connectivity index (χ0n) is 12.2. The third-order valence-electron chi connectivity index (χ3n) is 5.13. The maximum absolute atomic E-state index is 3.57. The van der Waals surface area contributed by atoms with Crippen LogP contribution in [-0.4, -0.2) is 30.1 Å². The van der Waals surface area contributed by atoms with Gasteiger partial charge in [-0.3, -0.25) is 4.90 Å². The molecule has 104 valence electrons. The molecule has 2 heteroatoms. The molecule has 3 rings (SSSR count). The van der Waals surface area contributed by atoms with Crippen LogP contribution < -0.4 is 5.32 Å². The van der Waals surface area contributed by atoms with Gasteiger partial charge in [0.05, 0.1) is 0 Å². The second kappa shape index (κ2) is 5.26. The Hall–Kier alpha value is -0.860. The summed E-state index contributed by atoms with van der Waals surface area (Å²) in [6.07, 6.45) is 4.09. The van der Waals surface area contributed by atoms with E-state index in [0.29, 0.717) is 17.5 Å². The minimum absolute atomic E-state index is 0.589. The van der Waals surface area contributed by atoms with Crippen molar-refractivity contribution in [2.75, 3.05) is 13.1 Å². The highest BCUT2D eigenvalue weighted by Crippen LogP contribution is 2.42. The number of rotatable bonds is 2. The lowest BCUT2D eigenvalue weighted by molar-refractivity contribution is 0.0187. The van der Waals surface area contributed by atoms with Crippen LogP contribution in [0.25, 0.3) is 0 Å². The Morgan fingerprint density at radius 1 is 1.16 bits per heavy atom. The highest BCUT2D eigenvalue weighted by atomic mass is 15.2. The molecule has 0 bridgehead atoms. The molecule has 2 aliphatic heterocycles. The molecule has 0 radical (unpaired) electrons. The zero-order chi connectivity index (χ0) is 13.3.